The van der Waals surface area contributed by atoms with Crippen molar-refractivity contribution in [3.8, 4) is 11.5 Å². The summed E-state index contributed by atoms with van der Waals surface area (Å²) >= 11 is 38.7. The van der Waals surface area contributed by atoms with E-state index in [-0.39, 0.29) is 31.6 Å². The fourth-order valence-electron chi connectivity index (χ4n) is 2.46. The molecule has 0 spiro atoms. The highest BCUT2D eigenvalue weighted by molar-refractivity contribution is 9.13. The van der Waals surface area contributed by atoms with Gasteiger partial charge in [0.2, 0.25) is 0 Å². The molecule has 136 valence electrons. The van der Waals surface area contributed by atoms with Crippen LogP contribution in [0.15, 0.2) is 17.9 Å². The lowest BCUT2D eigenvalue weighted by Crippen LogP contribution is -2.22. The van der Waals surface area contributed by atoms with Crippen LogP contribution in [0.4, 0.5) is 0 Å². The third kappa shape index (κ3) is 3.59. The number of rotatable bonds is 2. The van der Waals surface area contributed by atoms with Crippen molar-refractivity contribution in [1.29, 1.82) is 0 Å². The molecular weight excluding hydrogens is 674 g/mol. The van der Waals surface area contributed by atoms with Crippen molar-refractivity contribution in [2.24, 2.45) is 0 Å². The number of hydrogen-bond acceptors (Lipinski definition) is 2. The maximum Gasteiger partial charge on any atom is 0.151 e. The average molecular weight is 682 g/mol. The SMILES string of the molecule is CC(C)(c1c(Cl)c(Cl)c(O)c(Br)c1Br)c1c(Cl)c(Cl)c(O)c(Br)c1Br. The van der Waals surface area contributed by atoms with Gasteiger partial charge in [0.15, 0.2) is 11.5 Å². The molecule has 0 fully saturated rings. The molecule has 0 saturated heterocycles. The summed E-state index contributed by atoms with van der Waals surface area (Å²) in [4.78, 5) is 0. The van der Waals surface area contributed by atoms with Gasteiger partial charge in [0.25, 0.3) is 0 Å². The Morgan fingerprint density at radius 3 is 1.16 bits per heavy atom. The molecule has 0 bridgehead atoms. The second-order valence-corrected chi connectivity index (χ2v) is 10.3. The third-order valence-corrected chi connectivity index (χ3v) is 9.61. The van der Waals surface area contributed by atoms with Gasteiger partial charge in [-0.3, -0.25) is 0 Å². The first kappa shape index (κ1) is 22.4. The van der Waals surface area contributed by atoms with Crippen molar-refractivity contribution in [1.82, 2.24) is 0 Å². The summed E-state index contributed by atoms with van der Waals surface area (Å²) in [6.45, 7) is 3.73. The molecule has 0 saturated carbocycles. The van der Waals surface area contributed by atoms with Crippen LogP contribution in [0.3, 0.4) is 0 Å². The van der Waals surface area contributed by atoms with Gasteiger partial charge in [0.1, 0.15) is 10.0 Å². The van der Waals surface area contributed by atoms with Crippen molar-refractivity contribution in [2.45, 2.75) is 19.3 Å². The van der Waals surface area contributed by atoms with Crippen LogP contribution in [0, 0.1) is 0 Å². The minimum atomic E-state index is -0.814. The van der Waals surface area contributed by atoms with E-state index >= 15 is 0 Å². The molecule has 0 aliphatic heterocycles. The predicted molar refractivity (Wildman–Crippen MR) is 119 cm³/mol. The Morgan fingerprint density at radius 1 is 0.600 bits per heavy atom. The Kier molecular flexibility index (Phi) is 7.05. The molecule has 0 aliphatic carbocycles. The zero-order valence-corrected chi connectivity index (χ0v) is 21.8. The molecule has 0 radical (unpaired) electrons. The lowest BCUT2D eigenvalue weighted by molar-refractivity contribution is 0.470. The minimum absolute atomic E-state index is 0.0102. The van der Waals surface area contributed by atoms with E-state index in [1.807, 2.05) is 13.8 Å². The van der Waals surface area contributed by atoms with Crippen molar-refractivity contribution in [2.75, 3.05) is 0 Å². The molecule has 2 aromatic carbocycles. The smallest absolute Gasteiger partial charge is 0.151 e. The van der Waals surface area contributed by atoms with Crippen molar-refractivity contribution >= 4 is 110 Å². The highest BCUT2D eigenvalue weighted by Gasteiger charge is 2.37. The normalized spacial score (nSPS) is 11.9. The minimum Gasteiger partial charge on any atom is -0.505 e. The largest absolute Gasteiger partial charge is 0.505 e. The molecule has 0 amide bonds. The summed E-state index contributed by atoms with van der Waals surface area (Å²) in [5, 5.41) is 20.5. The topological polar surface area (TPSA) is 40.5 Å². The molecule has 0 atom stereocenters. The van der Waals surface area contributed by atoms with Gasteiger partial charge in [-0.15, -0.1) is 0 Å². The maximum atomic E-state index is 10.1. The molecule has 2 N–H and O–H groups in total. The van der Waals surface area contributed by atoms with E-state index in [9.17, 15) is 10.2 Å². The van der Waals surface area contributed by atoms with Gasteiger partial charge < -0.3 is 10.2 Å². The summed E-state index contributed by atoms with van der Waals surface area (Å²) in [7, 11) is 0. The van der Waals surface area contributed by atoms with Crippen LogP contribution in [0.25, 0.3) is 0 Å². The van der Waals surface area contributed by atoms with E-state index < -0.39 is 5.41 Å². The summed E-state index contributed by atoms with van der Waals surface area (Å²) in [5.41, 5.74) is 0.353. The predicted octanol–water partition coefficient (Wildman–Crippen LogP) is 9.09. The zero-order chi connectivity index (χ0) is 19.4. The van der Waals surface area contributed by atoms with E-state index in [2.05, 4.69) is 63.7 Å². The van der Waals surface area contributed by atoms with Crippen LogP contribution in [-0.2, 0) is 5.41 Å². The standard InChI is InChI=1S/C15H8Br4Cl4O2/c1-15(2,3-5(16)7(18)13(24)11(22)9(3)20)4-6(17)8(19)14(25)12(23)10(4)21/h24-25H,1-2H3. The van der Waals surface area contributed by atoms with E-state index in [4.69, 9.17) is 46.4 Å². The van der Waals surface area contributed by atoms with E-state index in [0.29, 0.717) is 29.0 Å². The van der Waals surface area contributed by atoms with Gasteiger partial charge in [0, 0.05) is 14.4 Å². The lowest BCUT2D eigenvalue weighted by Gasteiger charge is -2.32. The summed E-state index contributed by atoms with van der Waals surface area (Å²) in [6.07, 6.45) is 0. The van der Waals surface area contributed by atoms with Crippen LogP contribution >= 0.6 is 110 Å². The second-order valence-electron chi connectivity index (χ2n) is 5.58. The quantitative estimate of drug-likeness (QED) is 0.311. The Morgan fingerprint density at radius 2 is 0.880 bits per heavy atom. The fraction of sp³-hybridized carbons (Fsp3) is 0.200. The molecule has 25 heavy (non-hydrogen) atoms. The molecule has 2 rings (SSSR count). The Bertz CT molecular complexity index is 771. The second kappa shape index (κ2) is 7.86. The number of hydrogen-bond donors (Lipinski definition) is 2. The highest BCUT2D eigenvalue weighted by atomic mass is 79.9. The number of phenols is 2. The van der Waals surface area contributed by atoms with E-state index in [1.165, 1.54) is 0 Å². The Balaban J connectivity index is 2.96. The van der Waals surface area contributed by atoms with Gasteiger partial charge in [0.05, 0.1) is 19.0 Å². The van der Waals surface area contributed by atoms with E-state index in [0.717, 1.165) is 0 Å². The molecular formula is C15H8Br4Cl4O2. The molecule has 0 aliphatic rings. The van der Waals surface area contributed by atoms with Crippen molar-refractivity contribution in [3.63, 3.8) is 0 Å². The van der Waals surface area contributed by atoms with Crippen LogP contribution in [0.1, 0.15) is 25.0 Å². The molecule has 0 heterocycles. The van der Waals surface area contributed by atoms with Crippen LogP contribution in [0.2, 0.25) is 20.1 Å². The molecule has 0 aromatic heterocycles. The van der Waals surface area contributed by atoms with Gasteiger partial charge in [-0.25, -0.2) is 0 Å². The summed E-state index contributed by atoms with van der Waals surface area (Å²) < 4.78 is 1.77. The molecule has 2 nitrogen and oxygen atoms in total. The first-order valence-corrected chi connectivity index (χ1v) is 11.1. The van der Waals surface area contributed by atoms with E-state index in [1.54, 1.807) is 0 Å². The fourth-order valence-corrected chi connectivity index (χ4v) is 6.69. The average Bonchev–Trinajstić information content (AvgIpc) is 2.54. The zero-order valence-electron chi connectivity index (χ0n) is 12.4. The monoisotopic (exact) mass is 676 g/mol. The lowest BCUT2D eigenvalue weighted by atomic mass is 9.78. The van der Waals surface area contributed by atoms with Gasteiger partial charge in [-0.05, 0) is 74.8 Å². The summed E-state index contributed by atoms with van der Waals surface area (Å²) in [6, 6.07) is 0. The van der Waals surface area contributed by atoms with Crippen LogP contribution < -0.4 is 0 Å². The molecule has 2 aromatic rings. The van der Waals surface area contributed by atoms with Crippen LogP contribution in [0.5, 0.6) is 11.5 Å². The highest BCUT2D eigenvalue weighted by Crippen LogP contribution is 2.55. The van der Waals surface area contributed by atoms with Gasteiger partial charge in [-0.2, -0.15) is 0 Å². The molecule has 0 unspecified atom stereocenters. The number of halogens is 8. The maximum absolute atomic E-state index is 10.1. The number of aromatic hydroxyl groups is 2. The summed E-state index contributed by atoms with van der Waals surface area (Å²) in [5.74, 6) is -0.346. The third-order valence-electron chi connectivity index (χ3n) is 3.73. The number of benzene rings is 2. The van der Waals surface area contributed by atoms with Crippen molar-refractivity contribution in [3.05, 3.63) is 49.1 Å². The van der Waals surface area contributed by atoms with Crippen LogP contribution in [-0.4, -0.2) is 10.2 Å². The van der Waals surface area contributed by atoms with Gasteiger partial charge in [-0.1, -0.05) is 60.3 Å². The Labute approximate surface area is 198 Å². The first-order chi connectivity index (χ1) is 11.4. The number of phenolic OH excluding ortho intramolecular Hbond substituents is 2. The Hall–Kier alpha value is 1.12. The first-order valence-electron chi connectivity index (χ1n) is 6.46. The van der Waals surface area contributed by atoms with Crippen molar-refractivity contribution < 1.29 is 10.2 Å². The van der Waals surface area contributed by atoms with Gasteiger partial charge >= 0.3 is 0 Å². The molecule has 10 heteroatoms.